The Morgan fingerprint density at radius 2 is 2.37 bits per heavy atom. The number of likely N-dealkylation sites (N-methyl/N-ethyl adjacent to an activating group) is 1. The van der Waals surface area contributed by atoms with Crippen LogP contribution in [-0.4, -0.2) is 24.7 Å². The largest absolute Gasteiger partial charge is 0.372 e. The molecule has 1 aromatic carbocycles. The van der Waals surface area contributed by atoms with Crippen molar-refractivity contribution in [1.29, 1.82) is 0 Å². The molecule has 1 aromatic heterocycles. The van der Waals surface area contributed by atoms with Crippen LogP contribution >= 0.6 is 11.3 Å². The molecule has 2 atom stereocenters. The van der Waals surface area contributed by atoms with Crippen LogP contribution in [0.3, 0.4) is 0 Å². The van der Waals surface area contributed by atoms with Gasteiger partial charge in [0.05, 0.1) is 17.7 Å². The lowest BCUT2D eigenvalue weighted by molar-refractivity contribution is 0.0172. The second kappa shape index (κ2) is 5.82. The molecule has 1 aliphatic heterocycles. The van der Waals surface area contributed by atoms with Crippen molar-refractivity contribution >= 4 is 11.3 Å². The first-order chi connectivity index (χ1) is 9.38. The van der Waals surface area contributed by atoms with E-state index in [1.807, 2.05) is 18.6 Å². The maximum Gasteiger partial charge on any atom is 0.0984 e. The molecular weight excluding hydrogens is 256 g/mol. The van der Waals surface area contributed by atoms with Crippen LogP contribution in [0.5, 0.6) is 0 Å². The van der Waals surface area contributed by atoms with Crippen LogP contribution in [0.1, 0.15) is 22.2 Å². The van der Waals surface area contributed by atoms with E-state index in [2.05, 4.69) is 34.6 Å². The van der Waals surface area contributed by atoms with Crippen LogP contribution in [0.25, 0.3) is 0 Å². The summed E-state index contributed by atoms with van der Waals surface area (Å²) in [6.07, 6.45) is 3.91. The van der Waals surface area contributed by atoms with Crippen molar-refractivity contribution in [2.75, 3.05) is 13.7 Å². The zero-order valence-corrected chi connectivity index (χ0v) is 11.8. The molecule has 3 rings (SSSR count). The van der Waals surface area contributed by atoms with Gasteiger partial charge in [0.1, 0.15) is 0 Å². The number of hydrogen-bond donors (Lipinski definition) is 1. The van der Waals surface area contributed by atoms with E-state index >= 15 is 0 Å². The maximum atomic E-state index is 6.02. The molecule has 2 unspecified atom stereocenters. The van der Waals surface area contributed by atoms with Gasteiger partial charge in [-0.25, -0.2) is 4.98 Å². The summed E-state index contributed by atoms with van der Waals surface area (Å²) < 4.78 is 6.02. The number of nitrogens with zero attached hydrogens (tertiary/aromatic N) is 1. The van der Waals surface area contributed by atoms with E-state index in [0.717, 1.165) is 24.5 Å². The molecule has 2 heterocycles. The number of hydrogen-bond acceptors (Lipinski definition) is 4. The molecule has 0 amide bonds. The number of aromatic nitrogens is 1. The second-order valence-electron chi connectivity index (χ2n) is 4.77. The molecular formula is C15H18N2OS. The van der Waals surface area contributed by atoms with Gasteiger partial charge in [0, 0.05) is 24.0 Å². The summed E-state index contributed by atoms with van der Waals surface area (Å²) in [6.45, 7) is 0.803. The molecule has 19 heavy (non-hydrogen) atoms. The molecule has 0 radical (unpaired) electrons. The maximum absolute atomic E-state index is 6.02. The second-order valence-corrected chi connectivity index (χ2v) is 5.74. The van der Waals surface area contributed by atoms with Gasteiger partial charge in [0.2, 0.25) is 0 Å². The first-order valence-corrected chi connectivity index (χ1v) is 7.51. The number of ether oxygens (including phenoxy) is 1. The Kier molecular flexibility index (Phi) is 3.92. The first kappa shape index (κ1) is 12.8. The Bertz CT molecular complexity index is 527. The van der Waals surface area contributed by atoms with Crippen molar-refractivity contribution in [1.82, 2.24) is 10.3 Å². The van der Waals surface area contributed by atoms with Crippen LogP contribution in [0, 0.1) is 0 Å². The Morgan fingerprint density at radius 1 is 1.47 bits per heavy atom. The topological polar surface area (TPSA) is 34.2 Å². The van der Waals surface area contributed by atoms with Gasteiger partial charge >= 0.3 is 0 Å². The predicted molar refractivity (Wildman–Crippen MR) is 77.5 cm³/mol. The fourth-order valence-corrected chi connectivity index (χ4v) is 3.34. The Hall–Kier alpha value is -1.23. The van der Waals surface area contributed by atoms with E-state index in [9.17, 15) is 0 Å². The quantitative estimate of drug-likeness (QED) is 0.930. The van der Waals surface area contributed by atoms with E-state index in [4.69, 9.17) is 4.74 Å². The Balaban J connectivity index is 1.84. The van der Waals surface area contributed by atoms with Gasteiger partial charge in [-0.15, -0.1) is 11.3 Å². The number of benzene rings is 1. The van der Waals surface area contributed by atoms with Gasteiger partial charge in [-0.2, -0.15) is 0 Å². The van der Waals surface area contributed by atoms with E-state index in [1.54, 1.807) is 11.3 Å². The standard InChI is InChI=1S/C15H18N2OS/c1-16-13(10-14-17-7-9-19-14)15-12-5-3-2-4-11(12)6-8-18-15/h2-5,7,9,13,15-16H,6,8,10H2,1H3. The predicted octanol–water partition coefficient (Wildman–Crippen LogP) is 2.59. The van der Waals surface area contributed by atoms with Crippen LogP contribution in [0.15, 0.2) is 35.8 Å². The van der Waals surface area contributed by atoms with Crippen LogP contribution < -0.4 is 5.32 Å². The van der Waals surface area contributed by atoms with Crippen molar-refractivity contribution in [2.24, 2.45) is 0 Å². The van der Waals surface area contributed by atoms with E-state index in [1.165, 1.54) is 11.1 Å². The number of thiazole rings is 1. The molecule has 100 valence electrons. The summed E-state index contributed by atoms with van der Waals surface area (Å²) in [7, 11) is 2.00. The summed E-state index contributed by atoms with van der Waals surface area (Å²) in [5, 5.41) is 6.58. The number of rotatable bonds is 4. The zero-order valence-electron chi connectivity index (χ0n) is 11.0. The Labute approximate surface area is 117 Å². The lowest BCUT2D eigenvalue weighted by atomic mass is 9.92. The summed E-state index contributed by atoms with van der Waals surface area (Å²) in [5.74, 6) is 0. The third-order valence-corrected chi connectivity index (χ3v) is 4.45. The van der Waals surface area contributed by atoms with Crippen LogP contribution in [0.4, 0.5) is 0 Å². The van der Waals surface area contributed by atoms with Crippen molar-refractivity contribution in [3.05, 3.63) is 52.0 Å². The number of nitrogens with one attached hydrogen (secondary N) is 1. The highest BCUT2D eigenvalue weighted by Crippen LogP contribution is 2.31. The van der Waals surface area contributed by atoms with E-state index in [-0.39, 0.29) is 12.1 Å². The minimum atomic E-state index is 0.124. The summed E-state index contributed by atoms with van der Waals surface area (Å²) in [5.41, 5.74) is 2.74. The van der Waals surface area contributed by atoms with Gasteiger partial charge in [-0.3, -0.25) is 0 Å². The third-order valence-electron chi connectivity index (χ3n) is 3.64. The molecule has 0 saturated heterocycles. The summed E-state index contributed by atoms with van der Waals surface area (Å²) >= 11 is 1.71. The molecule has 2 aromatic rings. The molecule has 0 aliphatic carbocycles. The number of fused-ring (bicyclic) bond motifs is 1. The molecule has 0 fully saturated rings. The average molecular weight is 274 g/mol. The lowest BCUT2D eigenvalue weighted by Gasteiger charge is -2.32. The first-order valence-electron chi connectivity index (χ1n) is 6.63. The van der Waals surface area contributed by atoms with Gasteiger partial charge in [-0.1, -0.05) is 24.3 Å². The molecule has 3 nitrogen and oxygen atoms in total. The molecule has 4 heteroatoms. The van der Waals surface area contributed by atoms with Crippen LogP contribution in [-0.2, 0) is 17.6 Å². The monoisotopic (exact) mass is 274 g/mol. The SMILES string of the molecule is CNC(Cc1nccs1)C1OCCc2ccccc21. The zero-order chi connectivity index (χ0) is 13.1. The summed E-state index contributed by atoms with van der Waals surface area (Å²) in [4.78, 5) is 4.38. The van der Waals surface area contributed by atoms with Crippen molar-refractivity contribution < 1.29 is 4.74 Å². The molecule has 0 bridgehead atoms. The van der Waals surface area contributed by atoms with Crippen LogP contribution in [0.2, 0.25) is 0 Å². The molecule has 0 spiro atoms. The van der Waals surface area contributed by atoms with Crippen molar-refractivity contribution in [3.63, 3.8) is 0 Å². The van der Waals surface area contributed by atoms with Crippen molar-refractivity contribution in [3.8, 4) is 0 Å². The highest BCUT2D eigenvalue weighted by Gasteiger charge is 2.28. The normalized spacial score (nSPS) is 19.9. The van der Waals surface area contributed by atoms with Gasteiger partial charge in [0.15, 0.2) is 0 Å². The van der Waals surface area contributed by atoms with Gasteiger partial charge in [0.25, 0.3) is 0 Å². The van der Waals surface area contributed by atoms with Gasteiger partial charge in [-0.05, 0) is 24.6 Å². The minimum Gasteiger partial charge on any atom is -0.372 e. The minimum absolute atomic E-state index is 0.124. The highest BCUT2D eigenvalue weighted by molar-refractivity contribution is 7.09. The molecule has 0 saturated carbocycles. The van der Waals surface area contributed by atoms with Gasteiger partial charge < -0.3 is 10.1 Å². The highest BCUT2D eigenvalue weighted by atomic mass is 32.1. The molecule has 1 aliphatic rings. The average Bonchev–Trinajstić information content (AvgIpc) is 2.97. The van der Waals surface area contributed by atoms with Crippen molar-refractivity contribution in [2.45, 2.75) is 25.0 Å². The fourth-order valence-electron chi connectivity index (χ4n) is 2.66. The van der Waals surface area contributed by atoms with E-state index in [0.29, 0.717) is 0 Å². The van der Waals surface area contributed by atoms with E-state index < -0.39 is 0 Å². The fraction of sp³-hybridized carbons (Fsp3) is 0.400. The smallest absolute Gasteiger partial charge is 0.0984 e. The lowest BCUT2D eigenvalue weighted by Crippen LogP contribution is -2.38. The Morgan fingerprint density at radius 3 is 3.16 bits per heavy atom. The molecule has 1 N–H and O–H groups in total. The third kappa shape index (κ3) is 2.71. The summed E-state index contributed by atoms with van der Waals surface area (Å²) in [6, 6.07) is 8.87.